The Morgan fingerprint density at radius 1 is 1.04 bits per heavy atom. The number of carbonyl (C=O) groups is 3. The maximum Gasteiger partial charge on any atom is 0.327 e. The van der Waals surface area contributed by atoms with Gasteiger partial charge < -0.3 is 10.1 Å². The van der Waals surface area contributed by atoms with Crippen LogP contribution in [0.3, 0.4) is 0 Å². The molecule has 148 valence electrons. The van der Waals surface area contributed by atoms with Crippen molar-refractivity contribution >= 4 is 29.5 Å². The molecule has 4 amide bonds. The van der Waals surface area contributed by atoms with E-state index in [4.69, 9.17) is 4.74 Å². The maximum atomic E-state index is 11.9. The highest BCUT2D eigenvalue weighted by Gasteiger charge is 2.23. The van der Waals surface area contributed by atoms with Crippen LogP contribution in [0.1, 0.15) is 33.4 Å². The molecule has 0 fully saturated rings. The van der Waals surface area contributed by atoms with Crippen molar-refractivity contribution < 1.29 is 19.1 Å². The van der Waals surface area contributed by atoms with Gasteiger partial charge in [-0.3, -0.25) is 20.2 Å². The van der Waals surface area contributed by atoms with Gasteiger partial charge in [-0.15, -0.1) is 0 Å². The highest BCUT2D eigenvalue weighted by Crippen LogP contribution is 2.26. The molecule has 3 N–H and O–H groups in total. The number of ether oxygens (including phenoxy) is 1. The normalized spacial score (nSPS) is 10.8. The second-order valence-corrected chi connectivity index (χ2v) is 7.10. The molecule has 0 unspecified atom stereocenters. The van der Waals surface area contributed by atoms with Gasteiger partial charge in [-0.25, -0.2) is 14.8 Å². The Bertz CT molecular complexity index is 905. The predicted octanol–water partition coefficient (Wildman–Crippen LogP) is 3.23. The van der Waals surface area contributed by atoms with Gasteiger partial charge in [-0.1, -0.05) is 20.8 Å². The molecule has 0 aliphatic rings. The minimum Gasteiger partial charge on any atom is -0.455 e. The summed E-state index contributed by atoms with van der Waals surface area (Å²) < 4.78 is 5.76. The zero-order chi connectivity index (χ0) is 20.9. The van der Waals surface area contributed by atoms with E-state index in [0.29, 0.717) is 23.0 Å². The standard InChI is InChI=1S/C19H23N5O4/c1-11-14(28-13-8-9-20-16(10-13)22-12(2)25)6-7-15(21-11)23-18(27)24-17(26)19(3,4)5/h6-10H,1-5H3,(H,20,22,25)(H2,21,23,24,26,27). The van der Waals surface area contributed by atoms with Crippen LogP contribution in [0.4, 0.5) is 16.4 Å². The van der Waals surface area contributed by atoms with Gasteiger partial charge in [-0.05, 0) is 25.1 Å². The van der Waals surface area contributed by atoms with E-state index in [1.165, 1.54) is 13.1 Å². The summed E-state index contributed by atoms with van der Waals surface area (Å²) in [4.78, 5) is 43.2. The summed E-state index contributed by atoms with van der Waals surface area (Å²) in [6.45, 7) is 8.23. The molecule has 2 rings (SSSR count). The molecule has 0 aliphatic heterocycles. The first-order chi connectivity index (χ1) is 13.0. The SMILES string of the molecule is CC(=O)Nc1cc(Oc2ccc(NC(=O)NC(=O)C(C)(C)C)nc2C)ccn1. The Labute approximate surface area is 162 Å². The summed E-state index contributed by atoms with van der Waals surface area (Å²) >= 11 is 0. The summed E-state index contributed by atoms with van der Waals surface area (Å²) in [6.07, 6.45) is 1.51. The first-order valence-corrected chi connectivity index (χ1v) is 8.56. The molecular formula is C19H23N5O4. The highest BCUT2D eigenvalue weighted by atomic mass is 16.5. The molecule has 0 atom stereocenters. The molecule has 0 aliphatic carbocycles. The summed E-state index contributed by atoms with van der Waals surface area (Å²) in [5.41, 5.74) is -0.156. The summed E-state index contributed by atoms with van der Waals surface area (Å²) in [5.74, 6) is 0.955. The molecule has 9 heteroatoms. The quantitative estimate of drug-likeness (QED) is 0.743. The summed E-state index contributed by atoms with van der Waals surface area (Å²) in [5, 5.41) is 7.35. The van der Waals surface area contributed by atoms with Crippen LogP contribution in [0.5, 0.6) is 11.5 Å². The lowest BCUT2D eigenvalue weighted by Gasteiger charge is -2.17. The number of imide groups is 1. The molecule has 2 aromatic heterocycles. The first kappa shape index (κ1) is 20.8. The number of amides is 4. The Hall–Kier alpha value is -3.49. The van der Waals surface area contributed by atoms with Crippen LogP contribution >= 0.6 is 0 Å². The Morgan fingerprint density at radius 2 is 1.75 bits per heavy atom. The Morgan fingerprint density at radius 3 is 2.36 bits per heavy atom. The van der Waals surface area contributed by atoms with E-state index < -0.39 is 17.4 Å². The molecule has 0 aromatic carbocycles. The van der Waals surface area contributed by atoms with Gasteiger partial charge in [0.25, 0.3) is 0 Å². The topological polar surface area (TPSA) is 122 Å². The van der Waals surface area contributed by atoms with Gasteiger partial charge in [0.1, 0.15) is 23.1 Å². The number of hydrogen-bond donors (Lipinski definition) is 3. The number of aryl methyl sites for hydroxylation is 1. The lowest BCUT2D eigenvalue weighted by Crippen LogP contribution is -2.41. The Balaban J connectivity index is 2.05. The number of rotatable bonds is 4. The van der Waals surface area contributed by atoms with E-state index in [1.54, 1.807) is 52.0 Å². The van der Waals surface area contributed by atoms with Crippen molar-refractivity contribution in [1.29, 1.82) is 0 Å². The van der Waals surface area contributed by atoms with Crippen LogP contribution in [0, 0.1) is 12.3 Å². The number of anilines is 2. The average molecular weight is 385 g/mol. The zero-order valence-corrected chi connectivity index (χ0v) is 16.4. The Kier molecular flexibility index (Phi) is 6.29. The van der Waals surface area contributed by atoms with E-state index in [-0.39, 0.29) is 11.7 Å². The number of carbonyl (C=O) groups excluding carboxylic acids is 3. The molecule has 0 saturated carbocycles. The van der Waals surface area contributed by atoms with Crippen LogP contribution in [0.25, 0.3) is 0 Å². The van der Waals surface area contributed by atoms with Crippen molar-refractivity contribution in [1.82, 2.24) is 15.3 Å². The van der Waals surface area contributed by atoms with Gasteiger partial charge in [0.05, 0.1) is 5.69 Å². The molecule has 28 heavy (non-hydrogen) atoms. The second-order valence-electron chi connectivity index (χ2n) is 7.10. The van der Waals surface area contributed by atoms with Crippen LogP contribution in [0.2, 0.25) is 0 Å². The van der Waals surface area contributed by atoms with E-state index in [9.17, 15) is 14.4 Å². The molecule has 0 spiro atoms. The minimum absolute atomic E-state index is 0.235. The number of pyridine rings is 2. The third kappa shape index (κ3) is 6.04. The number of urea groups is 1. The number of aromatic nitrogens is 2. The van der Waals surface area contributed by atoms with Crippen molar-refractivity contribution in [3.05, 3.63) is 36.2 Å². The van der Waals surface area contributed by atoms with Gasteiger partial charge in [0.2, 0.25) is 11.8 Å². The van der Waals surface area contributed by atoms with Crippen molar-refractivity contribution in [3.8, 4) is 11.5 Å². The van der Waals surface area contributed by atoms with E-state index in [2.05, 4.69) is 25.9 Å². The van der Waals surface area contributed by atoms with Crippen molar-refractivity contribution in [3.63, 3.8) is 0 Å². The fourth-order valence-corrected chi connectivity index (χ4v) is 2.01. The lowest BCUT2D eigenvalue weighted by molar-refractivity contribution is -0.127. The van der Waals surface area contributed by atoms with Crippen LogP contribution in [-0.4, -0.2) is 27.8 Å². The molecule has 0 bridgehead atoms. The van der Waals surface area contributed by atoms with E-state index in [1.807, 2.05) is 0 Å². The first-order valence-electron chi connectivity index (χ1n) is 8.56. The zero-order valence-electron chi connectivity index (χ0n) is 16.4. The minimum atomic E-state index is -0.682. The average Bonchev–Trinajstić information content (AvgIpc) is 2.56. The maximum absolute atomic E-state index is 11.9. The highest BCUT2D eigenvalue weighted by molar-refractivity contribution is 6.02. The molecule has 2 aromatic rings. The summed E-state index contributed by atoms with van der Waals surface area (Å²) in [6, 6.07) is 5.76. The molecule has 9 nitrogen and oxygen atoms in total. The van der Waals surface area contributed by atoms with Gasteiger partial charge in [0, 0.05) is 24.6 Å². The third-order valence-electron chi connectivity index (χ3n) is 3.45. The third-order valence-corrected chi connectivity index (χ3v) is 3.45. The number of nitrogens with one attached hydrogen (secondary N) is 3. The van der Waals surface area contributed by atoms with Gasteiger partial charge >= 0.3 is 6.03 Å². The molecule has 0 saturated heterocycles. The van der Waals surface area contributed by atoms with E-state index >= 15 is 0 Å². The van der Waals surface area contributed by atoms with Gasteiger partial charge in [-0.2, -0.15) is 0 Å². The number of hydrogen-bond acceptors (Lipinski definition) is 6. The van der Waals surface area contributed by atoms with Crippen molar-refractivity contribution in [2.24, 2.45) is 5.41 Å². The molecule has 0 radical (unpaired) electrons. The van der Waals surface area contributed by atoms with Crippen molar-refractivity contribution in [2.75, 3.05) is 10.6 Å². The van der Waals surface area contributed by atoms with Crippen LogP contribution in [-0.2, 0) is 9.59 Å². The van der Waals surface area contributed by atoms with Gasteiger partial charge in [0.15, 0.2) is 0 Å². The van der Waals surface area contributed by atoms with Crippen LogP contribution in [0.15, 0.2) is 30.5 Å². The predicted molar refractivity (Wildman–Crippen MR) is 104 cm³/mol. The summed E-state index contributed by atoms with van der Waals surface area (Å²) in [7, 11) is 0. The number of nitrogens with zero attached hydrogens (tertiary/aromatic N) is 2. The molecular weight excluding hydrogens is 362 g/mol. The monoisotopic (exact) mass is 385 g/mol. The fourth-order valence-electron chi connectivity index (χ4n) is 2.01. The second kappa shape index (κ2) is 8.47. The van der Waals surface area contributed by atoms with Crippen molar-refractivity contribution in [2.45, 2.75) is 34.6 Å². The van der Waals surface area contributed by atoms with Crippen LogP contribution < -0.4 is 20.7 Å². The smallest absolute Gasteiger partial charge is 0.327 e. The lowest BCUT2D eigenvalue weighted by atomic mass is 9.96. The largest absolute Gasteiger partial charge is 0.455 e. The fraction of sp³-hybridized carbons (Fsp3) is 0.316. The molecule has 2 heterocycles. The van der Waals surface area contributed by atoms with E-state index in [0.717, 1.165) is 0 Å².